The van der Waals surface area contributed by atoms with Crippen LogP contribution in [0, 0.1) is 0 Å². The number of nitrogens with one attached hydrogen (secondary N) is 1. The number of hydrogen-bond acceptors (Lipinski definition) is 8. The lowest BCUT2D eigenvalue weighted by molar-refractivity contribution is -0.126. The first-order chi connectivity index (χ1) is 16.7. The van der Waals surface area contributed by atoms with Crippen LogP contribution in [0.5, 0.6) is 23.0 Å². The summed E-state index contributed by atoms with van der Waals surface area (Å²) in [6, 6.07) is 4.80. The monoisotopic (exact) mass is 525 g/mol. The quantitative estimate of drug-likeness (QED) is 0.244. The summed E-state index contributed by atoms with van der Waals surface area (Å²) < 4.78 is 22.2. The summed E-state index contributed by atoms with van der Waals surface area (Å²) in [4.78, 5) is 25.2. The Bertz CT molecular complexity index is 1080. The zero-order valence-electron chi connectivity index (χ0n) is 20.3. The van der Waals surface area contributed by atoms with Gasteiger partial charge in [-0.25, -0.2) is 0 Å². The average Bonchev–Trinajstić information content (AvgIpc) is 2.78. The van der Waals surface area contributed by atoms with E-state index in [1.807, 2.05) is 20.8 Å². The number of benzene rings is 2. The molecule has 0 saturated heterocycles. The van der Waals surface area contributed by atoms with Gasteiger partial charge in [0.2, 0.25) is 6.04 Å². The molecule has 35 heavy (non-hydrogen) atoms. The first kappa shape index (κ1) is 28.2. The Labute approximate surface area is 214 Å². The molecule has 1 N–H and O–H groups in total. The van der Waals surface area contributed by atoms with E-state index in [9.17, 15) is 9.59 Å². The molecule has 1 amide bonds. The van der Waals surface area contributed by atoms with E-state index in [0.29, 0.717) is 55.1 Å². The van der Waals surface area contributed by atoms with Crippen molar-refractivity contribution in [2.24, 2.45) is 10.2 Å². The second-order valence-electron chi connectivity index (χ2n) is 6.99. The Morgan fingerprint density at radius 2 is 1.49 bits per heavy atom. The highest BCUT2D eigenvalue weighted by Gasteiger charge is 2.25. The van der Waals surface area contributed by atoms with Gasteiger partial charge in [-0.3, -0.25) is 9.59 Å². The van der Waals surface area contributed by atoms with Gasteiger partial charge in [0.25, 0.3) is 5.91 Å². The Balaban J connectivity index is 2.34. The Morgan fingerprint density at radius 3 is 2.09 bits per heavy atom. The number of ketones is 1. The maximum Gasteiger partial charge on any atom is 0.258 e. The highest BCUT2D eigenvalue weighted by molar-refractivity contribution is 6.33. The van der Waals surface area contributed by atoms with Crippen molar-refractivity contribution < 1.29 is 28.5 Å². The van der Waals surface area contributed by atoms with Gasteiger partial charge in [-0.15, -0.1) is 5.11 Å². The van der Waals surface area contributed by atoms with Crippen molar-refractivity contribution in [1.29, 1.82) is 0 Å². The molecule has 2 rings (SSSR count). The van der Waals surface area contributed by atoms with Gasteiger partial charge in [0, 0.05) is 23.9 Å². The average molecular weight is 526 g/mol. The number of azo groups is 1. The van der Waals surface area contributed by atoms with Gasteiger partial charge < -0.3 is 24.3 Å². The number of ether oxygens (including phenoxy) is 4. The van der Waals surface area contributed by atoms with Crippen molar-refractivity contribution in [1.82, 2.24) is 0 Å². The fourth-order valence-electron chi connectivity index (χ4n) is 2.99. The van der Waals surface area contributed by atoms with E-state index in [1.54, 1.807) is 25.1 Å². The number of carbonyl (C=O) groups is 2. The molecule has 0 heterocycles. The van der Waals surface area contributed by atoms with Crippen molar-refractivity contribution in [3.63, 3.8) is 0 Å². The van der Waals surface area contributed by atoms with Crippen molar-refractivity contribution in [3.8, 4) is 23.0 Å². The number of Topliss-reactive ketones (excluding diaryl/α,β-unsaturated/α-hetero) is 1. The standard InChI is InChI=1S/C24H29Cl2N3O6/c1-6-32-16-12-17(25)22(19(13-16)33-7-2)29-28-21(14(5)30)24(31)27-15-10-18(26)23(35-9-4)20(11-15)34-8-3/h10-13,21H,6-9H2,1-5H3,(H,27,31). The third kappa shape index (κ3) is 7.73. The van der Waals surface area contributed by atoms with E-state index >= 15 is 0 Å². The van der Waals surface area contributed by atoms with Crippen LogP contribution in [0.25, 0.3) is 0 Å². The Morgan fingerprint density at radius 1 is 0.857 bits per heavy atom. The smallest absolute Gasteiger partial charge is 0.258 e. The van der Waals surface area contributed by atoms with E-state index in [0.717, 1.165) is 0 Å². The molecule has 0 aliphatic carbocycles. The molecule has 0 saturated carbocycles. The molecule has 2 aromatic carbocycles. The summed E-state index contributed by atoms with van der Waals surface area (Å²) in [5.74, 6) is 0.316. The van der Waals surface area contributed by atoms with Crippen LogP contribution in [0.15, 0.2) is 34.5 Å². The SMILES string of the molecule is CCOc1cc(Cl)c(N=NC(C(C)=O)C(=O)Nc2cc(Cl)c(OCC)c(OCC)c2)c(OCC)c1. The number of hydrogen-bond donors (Lipinski definition) is 1. The molecular formula is C24H29Cl2N3O6. The van der Waals surface area contributed by atoms with E-state index < -0.39 is 17.7 Å². The number of halogens is 2. The molecule has 0 aromatic heterocycles. The van der Waals surface area contributed by atoms with E-state index in [1.165, 1.54) is 13.0 Å². The fourth-order valence-corrected chi connectivity index (χ4v) is 3.50. The predicted octanol–water partition coefficient (Wildman–Crippen LogP) is 6.27. The number of amides is 1. The molecule has 0 aliphatic heterocycles. The van der Waals surface area contributed by atoms with E-state index in [-0.39, 0.29) is 15.7 Å². The lowest BCUT2D eigenvalue weighted by atomic mass is 10.2. The van der Waals surface area contributed by atoms with Gasteiger partial charge in [0.15, 0.2) is 23.0 Å². The van der Waals surface area contributed by atoms with Crippen LogP contribution in [-0.4, -0.2) is 44.2 Å². The normalized spacial score (nSPS) is 11.7. The molecule has 11 heteroatoms. The molecule has 0 aliphatic rings. The number of rotatable bonds is 13. The first-order valence-corrected chi connectivity index (χ1v) is 11.9. The largest absolute Gasteiger partial charge is 0.494 e. The Kier molecular flexibility index (Phi) is 11.1. The zero-order chi connectivity index (χ0) is 26.0. The summed E-state index contributed by atoms with van der Waals surface area (Å²) in [6.45, 7) is 10.0. The van der Waals surface area contributed by atoms with E-state index in [4.69, 9.17) is 42.1 Å². The van der Waals surface area contributed by atoms with Gasteiger partial charge in [0.05, 0.1) is 36.5 Å². The summed E-state index contributed by atoms with van der Waals surface area (Å²) in [7, 11) is 0. The Hall–Kier alpha value is -3.04. The zero-order valence-corrected chi connectivity index (χ0v) is 21.8. The molecule has 1 atom stereocenters. The van der Waals surface area contributed by atoms with Gasteiger partial charge in [-0.2, -0.15) is 5.11 Å². The lowest BCUT2D eigenvalue weighted by Crippen LogP contribution is -2.31. The van der Waals surface area contributed by atoms with Crippen LogP contribution >= 0.6 is 23.2 Å². The molecule has 9 nitrogen and oxygen atoms in total. The summed E-state index contributed by atoms with van der Waals surface area (Å²) in [5, 5.41) is 11.1. The predicted molar refractivity (Wildman–Crippen MR) is 135 cm³/mol. The molecular weight excluding hydrogens is 497 g/mol. The molecule has 0 radical (unpaired) electrons. The van der Waals surface area contributed by atoms with Gasteiger partial charge in [0.1, 0.15) is 11.4 Å². The molecule has 0 spiro atoms. The third-order valence-electron chi connectivity index (χ3n) is 4.38. The topological polar surface area (TPSA) is 108 Å². The minimum Gasteiger partial charge on any atom is -0.494 e. The van der Waals surface area contributed by atoms with Gasteiger partial charge in [-0.05, 0) is 40.7 Å². The fraction of sp³-hybridized carbons (Fsp3) is 0.417. The second-order valence-corrected chi connectivity index (χ2v) is 7.80. The number of anilines is 1. The third-order valence-corrected chi connectivity index (χ3v) is 4.95. The summed E-state index contributed by atoms with van der Waals surface area (Å²) in [6.07, 6.45) is 0. The number of nitrogens with zero attached hydrogens (tertiary/aromatic N) is 2. The summed E-state index contributed by atoms with van der Waals surface area (Å²) >= 11 is 12.7. The maximum atomic E-state index is 12.9. The minimum atomic E-state index is -1.44. The van der Waals surface area contributed by atoms with Crippen LogP contribution in [-0.2, 0) is 9.59 Å². The first-order valence-electron chi connectivity index (χ1n) is 11.2. The van der Waals surface area contributed by atoms with Gasteiger partial charge >= 0.3 is 0 Å². The minimum absolute atomic E-state index is 0.179. The van der Waals surface area contributed by atoms with Crippen LogP contribution in [0.3, 0.4) is 0 Å². The van der Waals surface area contributed by atoms with Gasteiger partial charge in [-0.1, -0.05) is 23.2 Å². The highest BCUT2D eigenvalue weighted by Crippen LogP contribution is 2.40. The lowest BCUT2D eigenvalue weighted by Gasteiger charge is -2.16. The molecule has 190 valence electrons. The highest BCUT2D eigenvalue weighted by atomic mass is 35.5. The van der Waals surface area contributed by atoms with Crippen molar-refractivity contribution >= 4 is 46.3 Å². The van der Waals surface area contributed by atoms with Crippen LogP contribution in [0.1, 0.15) is 34.6 Å². The molecule has 0 bridgehead atoms. The van der Waals surface area contributed by atoms with Crippen molar-refractivity contribution in [2.45, 2.75) is 40.7 Å². The second kappa shape index (κ2) is 13.7. The number of carbonyl (C=O) groups excluding carboxylic acids is 2. The van der Waals surface area contributed by atoms with Crippen LogP contribution < -0.4 is 24.3 Å². The summed E-state index contributed by atoms with van der Waals surface area (Å²) in [5.41, 5.74) is 0.487. The van der Waals surface area contributed by atoms with Crippen LogP contribution in [0.4, 0.5) is 11.4 Å². The molecule has 1 unspecified atom stereocenters. The van der Waals surface area contributed by atoms with E-state index in [2.05, 4.69) is 15.5 Å². The molecule has 2 aromatic rings. The van der Waals surface area contributed by atoms with Crippen molar-refractivity contribution in [2.75, 3.05) is 31.7 Å². The van der Waals surface area contributed by atoms with Crippen molar-refractivity contribution in [3.05, 3.63) is 34.3 Å². The molecule has 0 fully saturated rings. The van der Waals surface area contributed by atoms with Crippen LogP contribution in [0.2, 0.25) is 10.0 Å². The maximum absolute atomic E-state index is 12.9.